The minimum absolute atomic E-state index is 0.232. The van der Waals surface area contributed by atoms with Crippen LogP contribution in [-0.2, 0) is 0 Å². The number of aromatic nitrogens is 4. The predicted octanol–water partition coefficient (Wildman–Crippen LogP) is 1.73. The second-order valence-corrected chi connectivity index (χ2v) is 4.15. The van der Waals surface area contributed by atoms with Gasteiger partial charge in [0.2, 0.25) is 17.6 Å². The van der Waals surface area contributed by atoms with Crippen molar-refractivity contribution in [2.24, 2.45) is 5.73 Å². The van der Waals surface area contributed by atoms with Crippen LogP contribution in [0.5, 0.6) is 5.88 Å². The lowest BCUT2D eigenvalue weighted by molar-refractivity contribution is 0.346. The first kappa shape index (κ1) is 13.4. The third kappa shape index (κ3) is 3.25. The average Bonchev–Trinajstić information content (AvgIpc) is 2.94. The van der Waals surface area contributed by atoms with Crippen molar-refractivity contribution < 1.29 is 9.26 Å². The SMILES string of the molecule is CCCCC(N)c1nc(-c2cc(OC)ncn2)no1. The van der Waals surface area contributed by atoms with E-state index >= 15 is 0 Å². The molecular formula is C12H17N5O2. The Balaban J connectivity index is 2.15. The number of hydrogen-bond acceptors (Lipinski definition) is 7. The molecule has 2 N–H and O–H groups in total. The van der Waals surface area contributed by atoms with Gasteiger partial charge in [-0.05, 0) is 6.42 Å². The van der Waals surface area contributed by atoms with Gasteiger partial charge in [0.15, 0.2) is 0 Å². The van der Waals surface area contributed by atoms with Crippen molar-refractivity contribution >= 4 is 0 Å². The van der Waals surface area contributed by atoms with Gasteiger partial charge in [-0.1, -0.05) is 24.9 Å². The molecule has 0 radical (unpaired) electrons. The van der Waals surface area contributed by atoms with E-state index in [1.807, 2.05) is 0 Å². The lowest BCUT2D eigenvalue weighted by atomic mass is 10.1. The van der Waals surface area contributed by atoms with E-state index in [4.69, 9.17) is 15.0 Å². The standard InChI is InChI=1S/C12H17N5O2/c1-3-4-5-8(13)12-16-11(17-19-12)9-6-10(18-2)15-7-14-9/h6-8H,3-5,13H2,1-2H3. The number of hydrogen-bond donors (Lipinski definition) is 1. The summed E-state index contributed by atoms with van der Waals surface area (Å²) in [4.78, 5) is 12.3. The summed E-state index contributed by atoms with van der Waals surface area (Å²) in [5.74, 6) is 1.27. The van der Waals surface area contributed by atoms with Crippen LogP contribution in [0.2, 0.25) is 0 Å². The lowest BCUT2D eigenvalue weighted by Crippen LogP contribution is -2.10. The number of nitrogens with two attached hydrogens (primary N) is 1. The summed E-state index contributed by atoms with van der Waals surface area (Å²) >= 11 is 0. The minimum Gasteiger partial charge on any atom is -0.481 e. The Labute approximate surface area is 111 Å². The topological polar surface area (TPSA) is 100.0 Å². The zero-order valence-electron chi connectivity index (χ0n) is 11.0. The molecular weight excluding hydrogens is 246 g/mol. The van der Waals surface area contributed by atoms with Crippen molar-refractivity contribution in [2.45, 2.75) is 32.2 Å². The number of rotatable bonds is 6. The molecule has 102 valence electrons. The molecule has 0 aromatic carbocycles. The molecule has 0 saturated carbocycles. The van der Waals surface area contributed by atoms with Gasteiger partial charge in [-0.3, -0.25) is 0 Å². The van der Waals surface area contributed by atoms with E-state index in [-0.39, 0.29) is 6.04 Å². The molecule has 0 spiro atoms. The normalized spacial score (nSPS) is 12.4. The fraction of sp³-hybridized carbons (Fsp3) is 0.500. The van der Waals surface area contributed by atoms with Crippen molar-refractivity contribution in [3.05, 3.63) is 18.3 Å². The fourth-order valence-electron chi connectivity index (χ4n) is 1.61. The summed E-state index contributed by atoms with van der Waals surface area (Å²) < 4.78 is 10.2. The van der Waals surface area contributed by atoms with E-state index in [9.17, 15) is 0 Å². The first-order valence-corrected chi connectivity index (χ1v) is 6.20. The number of ether oxygens (including phenoxy) is 1. The van der Waals surface area contributed by atoms with E-state index in [1.54, 1.807) is 6.07 Å². The Hall–Kier alpha value is -2.02. The van der Waals surface area contributed by atoms with Crippen molar-refractivity contribution in [1.82, 2.24) is 20.1 Å². The van der Waals surface area contributed by atoms with Gasteiger partial charge in [-0.25, -0.2) is 9.97 Å². The zero-order valence-corrected chi connectivity index (χ0v) is 11.0. The lowest BCUT2D eigenvalue weighted by Gasteiger charge is -2.03. The van der Waals surface area contributed by atoms with Gasteiger partial charge in [0.25, 0.3) is 0 Å². The summed E-state index contributed by atoms with van der Waals surface area (Å²) in [5, 5.41) is 3.88. The van der Waals surface area contributed by atoms with Gasteiger partial charge in [-0.2, -0.15) is 4.98 Å². The average molecular weight is 263 g/mol. The predicted molar refractivity (Wildman–Crippen MR) is 68.3 cm³/mol. The molecule has 7 nitrogen and oxygen atoms in total. The van der Waals surface area contributed by atoms with E-state index < -0.39 is 0 Å². The maximum absolute atomic E-state index is 5.97. The molecule has 0 fully saturated rings. The first-order chi connectivity index (χ1) is 9.24. The molecule has 1 unspecified atom stereocenters. The molecule has 2 rings (SSSR count). The van der Waals surface area contributed by atoms with Crippen LogP contribution in [0.1, 0.15) is 38.1 Å². The molecule has 0 bridgehead atoms. The third-order valence-corrected chi connectivity index (χ3v) is 2.71. The van der Waals surface area contributed by atoms with Gasteiger partial charge in [0.1, 0.15) is 12.0 Å². The number of unbranched alkanes of at least 4 members (excludes halogenated alkanes) is 1. The van der Waals surface area contributed by atoms with Crippen molar-refractivity contribution in [3.63, 3.8) is 0 Å². The van der Waals surface area contributed by atoms with Crippen molar-refractivity contribution in [2.75, 3.05) is 7.11 Å². The van der Waals surface area contributed by atoms with Gasteiger partial charge in [0, 0.05) is 6.07 Å². The maximum atomic E-state index is 5.97. The summed E-state index contributed by atoms with van der Waals surface area (Å²) in [5.41, 5.74) is 6.52. The molecule has 0 amide bonds. The van der Waals surface area contributed by atoms with Crippen molar-refractivity contribution in [3.8, 4) is 17.4 Å². The Bertz CT molecular complexity index is 528. The second kappa shape index (κ2) is 6.24. The number of nitrogens with zero attached hydrogens (tertiary/aromatic N) is 4. The Morgan fingerprint density at radius 3 is 3.00 bits per heavy atom. The van der Waals surface area contributed by atoms with E-state index in [2.05, 4.69) is 27.0 Å². The van der Waals surface area contributed by atoms with Gasteiger partial charge >= 0.3 is 0 Å². The Morgan fingerprint density at radius 2 is 2.26 bits per heavy atom. The van der Waals surface area contributed by atoms with Gasteiger partial charge in [0.05, 0.1) is 13.2 Å². The van der Waals surface area contributed by atoms with E-state index in [1.165, 1.54) is 13.4 Å². The van der Waals surface area contributed by atoms with Crippen LogP contribution in [0.4, 0.5) is 0 Å². The third-order valence-electron chi connectivity index (χ3n) is 2.71. The van der Waals surface area contributed by atoms with Crippen LogP contribution in [0, 0.1) is 0 Å². The highest BCUT2D eigenvalue weighted by Crippen LogP contribution is 2.20. The highest BCUT2D eigenvalue weighted by molar-refractivity contribution is 5.49. The molecule has 0 saturated heterocycles. The molecule has 0 aliphatic heterocycles. The highest BCUT2D eigenvalue weighted by atomic mass is 16.5. The van der Waals surface area contributed by atoms with Crippen LogP contribution >= 0.6 is 0 Å². The van der Waals surface area contributed by atoms with Gasteiger partial charge < -0.3 is 15.0 Å². The maximum Gasteiger partial charge on any atom is 0.243 e. The molecule has 1 atom stereocenters. The molecule has 7 heteroatoms. The summed E-state index contributed by atoms with van der Waals surface area (Å²) in [7, 11) is 1.54. The van der Waals surface area contributed by atoms with Crippen molar-refractivity contribution in [1.29, 1.82) is 0 Å². The van der Waals surface area contributed by atoms with Crippen LogP contribution in [-0.4, -0.2) is 27.2 Å². The molecule has 0 aliphatic carbocycles. The van der Waals surface area contributed by atoms with Crippen LogP contribution in [0.15, 0.2) is 16.9 Å². The first-order valence-electron chi connectivity index (χ1n) is 6.20. The smallest absolute Gasteiger partial charge is 0.243 e. The summed E-state index contributed by atoms with van der Waals surface area (Å²) in [6.45, 7) is 2.11. The minimum atomic E-state index is -0.232. The number of methoxy groups -OCH3 is 1. The molecule has 2 aromatic rings. The monoisotopic (exact) mass is 263 g/mol. The van der Waals surface area contributed by atoms with Gasteiger partial charge in [-0.15, -0.1) is 0 Å². The molecule has 0 aliphatic rings. The largest absolute Gasteiger partial charge is 0.481 e. The summed E-state index contributed by atoms with van der Waals surface area (Å²) in [6, 6.07) is 1.41. The van der Waals surface area contributed by atoms with Crippen LogP contribution in [0.25, 0.3) is 11.5 Å². The van der Waals surface area contributed by atoms with E-state index in [0.29, 0.717) is 23.3 Å². The fourth-order valence-corrected chi connectivity index (χ4v) is 1.61. The molecule has 2 heterocycles. The van der Waals surface area contributed by atoms with Crippen LogP contribution < -0.4 is 10.5 Å². The quantitative estimate of drug-likeness (QED) is 0.846. The Kier molecular flexibility index (Phi) is 4.40. The van der Waals surface area contributed by atoms with Crippen LogP contribution in [0.3, 0.4) is 0 Å². The second-order valence-electron chi connectivity index (χ2n) is 4.15. The zero-order chi connectivity index (χ0) is 13.7. The Morgan fingerprint density at radius 1 is 1.42 bits per heavy atom. The highest BCUT2D eigenvalue weighted by Gasteiger charge is 2.16. The molecule has 19 heavy (non-hydrogen) atoms. The molecule has 2 aromatic heterocycles. The van der Waals surface area contributed by atoms with E-state index in [0.717, 1.165) is 19.3 Å². The summed E-state index contributed by atoms with van der Waals surface area (Å²) in [6.07, 6.45) is 4.32.